The van der Waals surface area contributed by atoms with Crippen LogP contribution in [0.1, 0.15) is 25.7 Å². The molecule has 2 aromatic rings. The Labute approximate surface area is 115 Å². The molecule has 2 heteroatoms. The fourth-order valence-corrected chi connectivity index (χ4v) is 3.29. The Hall–Kier alpha value is -0.770. The Bertz CT molecular complexity index is 529. The van der Waals surface area contributed by atoms with E-state index in [2.05, 4.69) is 59.0 Å². The van der Waals surface area contributed by atoms with Crippen molar-refractivity contribution < 1.29 is 4.74 Å². The maximum absolute atomic E-state index is 6.11. The zero-order chi connectivity index (χ0) is 11.7. The quantitative estimate of drug-likeness (QED) is 0.717. The van der Waals surface area contributed by atoms with Crippen LogP contribution < -0.4 is 4.74 Å². The zero-order valence-electron chi connectivity index (χ0n) is 9.66. The molecule has 0 radical (unpaired) electrons. The molecule has 0 heterocycles. The van der Waals surface area contributed by atoms with Gasteiger partial charge in [-0.05, 0) is 65.1 Å². The second-order valence-electron chi connectivity index (χ2n) is 4.62. The first-order chi connectivity index (χ1) is 8.34. The minimum Gasteiger partial charge on any atom is -0.489 e. The first kappa shape index (κ1) is 11.3. The van der Waals surface area contributed by atoms with E-state index in [1.807, 2.05) is 0 Å². The number of hydrogen-bond donors (Lipinski definition) is 0. The lowest BCUT2D eigenvalue weighted by Gasteiger charge is -2.15. The first-order valence-electron chi connectivity index (χ1n) is 6.18. The van der Waals surface area contributed by atoms with Gasteiger partial charge in [-0.25, -0.2) is 0 Å². The van der Waals surface area contributed by atoms with Crippen LogP contribution in [-0.4, -0.2) is 6.10 Å². The largest absolute Gasteiger partial charge is 0.489 e. The maximum atomic E-state index is 6.11. The summed E-state index contributed by atoms with van der Waals surface area (Å²) in [5.41, 5.74) is 0. The fourth-order valence-electron chi connectivity index (χ4n) is 2.49. The highest BCUT2D eigenvalue weighted by Crippen LogP contribution is 2.32. The second-order valence-corrected chi connectivity index (χ2v) is 5.70. The Morgan fingerprint density at radius 1 is 1.00 bits per heavy atom. The molecular formula is C15H15IO. The highest BCUT2D eigenvalue weighted by Gasteiger charge is 2.18. The van der Waals surface area contributed by atoms with Crippen molar-refractivity contribution in [2.75, 3.05) is 0 Å². The molecule has 1 nitrogen and oxygen atoms in total. The van der Waals surface area contributed by atoms with Gasteiger partial charge < -0.3 is 4.74 Å². The molecule has 0 N–H and O–H groups in total. The summed E-state index contributed by atoms with van der Waals surface area (Å²) in [5, 5.41) is 2.58. The number of fused-ring (bicyclic) bond motifs is 1. The van der Waals surface area contributed by atoms with E-state index in [1.165, 1.54) is 40.0 Å². The van der Waals surface area contributed by atoms with E-state index >= 15 is 0 Å². The van der Waals surface area contributed by atoms with Crippen LogP contribution in [0.5, 0.6) is 5.75 Å². The van der Waals surface area contributed by atoms with Crippen LogP contribution in [0, 0.1) is 3.57 Å². The van der Waals surface area contributed by atoms with E-state index in [4.69, 9.17) is 4.74 Å². The topological polar surface area (TPSA) is 9.23 Å². The molecule has 0 aromatic heterocycles. The van der Waals surface area contributed by atoms with Crippen LogP contribution in [0.3, 0.4) is 0 Å². The lowest BCUT2D eigenvalue weighted by Crippen LogP contribution is -2.11. The van der Waals surface area contributed by atoms with Gasteiger partial charge in [0.2, 0.25) is 0 Å². The lowest BCUT2D eigenvalue weighted by atomic mass is 10.1. The smallest absolute Gasteiger partial charge is 0.133 e. The highest BCUT2D eigenvalue weighted by molar-refractivity contribution is 14.1. The van der Waals surface area contributed by atoms with E-state index in [-0.39, 0.29) is 0 Å². The molecule has 0 bridgehead atoms. The number of hydrogen-bond acceptors (Lipinski definition) is 1. The number of ether oxygens (including phenoxy) is 1. The maximum Gasteiger partial charge on any atom is 0.133 e. The van der Waals surface area contributed by atoms with Crippen molar-refractivity contribution >= 4 is 33.4 Å². The summed E-state index contributed by atoms with van der Waals surface area (Å²) in [6, 6.07) is 12.7. The molecule has 2 aromatic carbocycles. The van der Waals surface area contributed by atoms with Gasteiger partial charge in [-0.15, -0.1) is 0 Å². The van der Waals surface area contributed by atoms with Crippen LogP contribution >= 0.6 is 22.6 Å². The summed E-state index contributed by atoms with van der Waals surface area (Å²) in [5.74, 6) is 1.05. The van der Waals surface area contributed by atoms with E-state index < -0.39 is 0 Å². The molecule has 0 atom stereocenters. The van der Waals surface area contributed by atoms with Crippen LogP contribution in [0.4, 0.5) is 0 Å². The molecule has 1 aliphatic rings. The van der Waals surface area contributed by atoms with Crippen molar-refractivity contribution in [3.05, 3.63) is 40.0 Å². The number of benzene rings is 2. The average molecular weight is 338 g/mol. The number of halogens is 1. The van der Waals surface area contributed by atoms with Gasteiger partial charge in [-0.2, -0.15) is 0 Å². The standard InChI is InChI=1S/C15H15IO/c16-15-13-8-4-1-5-11(13)9-10-14(15)17-12-6-2-3-7-12/h1,4-5,8-10,12H,2-3,6-7H2. The molecule has 17 heavy (non-hydrogen) atoms. The van der Waals surface area contributed by atoms with Gasteiger partial charge in [0.25, 0.3) is 0 Å². The van der Waals surface area contributed by atoms with E-state index in [0.29, 0.717) is 6.10 Å². The van der Waals surface area contributed by atoms with Crippen LogP contribution in [0.25, 0.3) is 10.8 Å². The van der Waals surface area contributed by atoms with Crippen LogP contribution in [0.2, 0.25) is 0 Å². The van der Waals surface area contributed by atoms with Crippen molar-refractivity contribution in [3.63, 3.8) is 0 Å². The molecule has 0 aliphatic heterocycles. The summed E-state index contributed by atoms with van der Waals surface area (Å²) < 4.78 is 7.35. The predicted molar refractivity (Wildman–Crippen MR) is 79.5 cm³/mol. The van der Waals surface area contributed by atoms with Gasteiger partial charge in [0, 0.05) is 0 Å². The molecule has 1 saturated carbocycles. The predicted octanol–water partition coefficient (Wildman–Crippen LogP) is 4.77. The van der Waals surface area contributed by atoms with E-state index in [1.54, 1.807) is 0 Å². The Kier molecular flexibility index (Phi) is 3.23. The summed E-state index contributed by atoms with van der Waals surface area (Å²) in [6.45, 7) is 0. The summed E-state index contributed by atoms with van der Waals surface area (Å²) in [4.78, 5) is 0. The monoisotopic (exact) mass is 338 g/mol. The van der Waals surface area contributed by atoms with Gasteiger partial charge in [-0.3, -0.25) is 0 Å². The molecular weight excluding hydrogens is 323 g/mol. The Balaban J connectivity index is 1.96. The third-order valence-electron chi connectivity index (χ3n) is 3.42. The Morgan fingerprint density at radius 2 is 1.76 bits per heavy atom. The minimum absolute atomic E-state index is 0.435. The van der Waals surface area contributed by atoms with E-state index in [0.717, 1.165) is 5.75 Å². The molecule has 0 unspecified atom stereocenters. The third-order valence-corrected chi connectivity index (χ3v) is 4.54. The molecule has 88 valence electrons. The second kappa shape index (κ2) is 4.84. The van der Waals surface area contributed by atoms with Crippen molar-refractivity contribution in [2.24, 2.45) is 0 Å². The molecule has 3 rings (SSSR count). The van der Waals surface area contributed by atoms with Crippen LogP contribution in [-0.2, 0) is 0 Å². The first-order valence-corrected chi connectivity index (χ1v) is 7.26. The zero-order valence-corrected chi connectivity index (χ0v) is 11.8. The fraction of sp³-hybridized carbons (Fsp3) is 0.333. The van der Waals surface area contributed by atoms with Gasteiger partial charge in [0.15, 0.2) is 0 Å². The van der Waals surface area contributed by atoms with Crippen molar-refractivity contribution in [1.82, 2.24) is 0 Å². The van der Waals surface area contributed by atoms with Crippen molar-refractivity contribution in [1.29, 1.82) is 0 Å². The summed E-state index contributed by atoms with van der Waals surface area (Å²) >= 11 is 2.40. The normalized spacial score (nSPS) is 16.5. The van der Waals surface area contributed by atoms with Crippen LogP contribution in [0.15, 0.2) is 36.4 Å². The molecule has 1 aliphatic carbocycles. The molecule has 0 saturated heterocycles. The third kappa shape index (κ3) is 2.28. The summed E-state index contributed by atoms with van der Waals surface area (Å²) in [7, 11) is 0. The minimum atomic E-state index is 0.435. The lowest BCUT2D eigenvalue weighted by molar-refractivity contribution is 0.209. The van der Waals surface area contributed by atoms with Gasteiger partial charge in [-0.1, -0.05) is 30.3 Å². The van der Waals surface area contributed by atoms with E-state index in [9.17, 15) is 0 Å². The van der Waals surface area contributed by atoms with Gasteiger partial charge >= 0.3 is 0 Å². The average Bonchev–Trinajstić information content (AvgIpc) is 2.86. The van der Waals surface area contributed by atoms with Gasteiger partial charge in [0.1, 0.15) is 5.75 Å². The molecule has 0 spiro atoms. The molecule has 1 fully saturated rings. The summed E-state index contributed by atoms with van der Waals surface area (Å²) in [6.07, 6.45) is 5.49. The molecule has 0 amide bonds. The SMILES string of the molecule is Ic1c(OC2CCCC2)ccc2ccccc12. The highest BCUT2D eigenvalue weighted by atomic mass is 127. The number of rotatable bonds is 2. The van der Waals surface area contributed by atoms with Gasteiger partial charge in [0.05, 0.1) is 9.67 Å². The Morgan fingerprint density at radius 3 is 2.59 bits per heavy atom. The van der Waals surface area contributed by atoms with Crippen molar-refractivity contribution in [2.45, 2.75) is 31.8 Å². The van der Waals surface area contributed by atoms with Crippen molar-refractivity contribution in [3.8, 4) is 5.75 Å².